The van der Waals surface area contributed by atoms with Gasteiger partial charge < -0.3 is 14.8 Å². The Labute approximate surface area is 147 Å². The van der Waals surface area contributed by atoms with Gasteiger partial charge in [-0.1, -0.05) is 25.0 Å². The fraction of sp³-hybridized carbons (Fsp3) is 0.350. The van der Waals surface area contributed by atoms with Gasteiger partial charge in [0.05, 0.1) is 19.6 Å². The lowest BCUT2D eigenvalue weighted by molar-refractivity contribution is -0.121. The molecular weight excluding hydrogens is 321 g/mol. The molecule has 0 bridgehead atoms. The van der Waals surface area contributed by atoms with Crippen molar-refractivity contribution in [2.45, 2.75) is 31.1 Å². The van der Waals surface area contributed by atoms with Crippen molar-refractivity contribution in [3.8, 4) is 11.5 Å². The molecule has 3 rings (SSSR count). The Morgan fingerprint density at radius 3 is 2.40 bits per heavy atom. The van der Waals surface area contributed by atoms with Gasteiger partial charge in [-0.2, -0.15) is 0 Å². The molecule has 1 aliphatic carbocycles. The number of ether oxygens (including phenoxy) is 2. The van der Waals surface area contributed by atoms with Crippen molar-refractivity contribution in [3.63, 3.8) is 0 Å². The van der Waals surface area contributed by atoms with Crippen molar-refractivity contribution in [2.75, 3.05) is 19.5 Å². The van der Waals surface area contributed by atoms with Crippen LogP contribution in [0.15, 0.2) is 42.5 Å². The molecule has 0 spiro atoms. The monoisotopic (exact) mass is 343 g/mol. The first-order valence-corrected chi connectivity index (χ1v) is 8.38. The van der Waals surface area contributed by atoms with Gasteiger partial charge in [-0.05, 0) is 42.7 Å². The minimum absolute atomic E-state index is 0.109. The van der Waals surface area contributed by atoms with Crippen molar-refractivity contribution >= 4 is 11.6 Å². The fourth-order valence-corrected chi connectivity index (χ4v) is 3.58. The highest BCUT2D eigenvalue weighted by molar-refractivity contribution is 5.99. The standard InChI is InChI=1S/C20H22FNO3/c1-24-17-9-8-16(13-18(17)25-2)22-19(23)20(10-3-4-11-20)14-6-5-7-15(21)12-14/h5-9,12-13H,3-4,10-11H2,1-2H3,(H,22,23). The van der Waals surface area contributed by atoms with E-state index in [0.29, 0.717) is 17.2 Å². The van der Waals surface area contributed by atoms with Crippen LogP contribution in [-0.2, 0) is 10.2 Å². The van der Waals surface area contributed by atoms with Crippen LogP contribution in [0.1, 0.15) is 31.2 Å². The number of benzene rings is 2. The molecule has 1 N–H and O–H groups in total. The second-order valence-electron chi connectivity index (χ2n) is 6.32. The van der Waals surface area contributed by atoms with Gasteiger partial charge in [-0.3, -0.25) is 4.79 Å². The molecule has 0 atom stereocenters. The lowest BCUT2D eigenvalue weighted by atomic mass is 9.78. The largest absolute Gasteiger partial charge is 0.493 e. The summed E-state index contributed by atoms with van der Waals surface area (Å²) in [6, 6.07) is 11.6. The number of nitrogens with one attached hydrogen (secondary N) is 1. The molecule has 0 radical (unpaired) electrons. The SMILES string of the molecule is COc1ccc(NC(=O)C2(c3cccc(F)c3)CCCC2)cc1OC. The minimum Gasteiger partial charge on any atom is -0.493 e. The highest BCUT2D eigenvalue weighted by Crippen LogP contribution is 2.42. The molecule has 1 amide bonds. The molecular formula is C20H22FNO3. The number of carbonyl (C=O) groups excluding carboxylic acids is 1. The second kappa shape index (κ2) is 7.13. The Kier molecular flexibility index (Phi) is 4.93. The molecule has 2 aromatic carbocycles. The Balaban J connectivity index is 1.90. The summed E-state index contributed by atoms with van der Waals surface area (Å²) < 4.78 is 24.2. The van der Waals surface area contributed by atoms with Crippen LogP contribution in [0.25, 0.3) is 0 Å². The van der Waals surface area contributed by atoms with E-state index in [2.05, 4.69) is 5.32 Å². The van der Waals surface area contributed by atoms with Gasteiger partial charge in [0.15, 0.2) is 11.5 Å². The molecule has 25 heavy (non-hydrogen) atoms. The number of amides is 1. The van der Waals surface area contributed by atoms with Gasteiger partial charge in [0.2, 0.25) is 5.91 Å². The van der Waals surface area contributed by atoms with Gasteiger partial charge >= 0.3 is 0 Å². The van der Waals surface area contributed by atoms with Crippen molar-refractivity contribution in [3.05, 3.63) is 53.8 Å². The summed E-state index contributed by atoms with van der Waals surface area (Å²) in [6.07, 6.45) is 3.34. The number of hydrogen-bond donors (Lipinski definition) is 1. The van der Waals surface area contributed by atoms with Crippen LogP contribution in [0.5, 0.6) is 11.5 Å². The maximum absolute atomic E-state index is 13.7. The molecule has 0 unspecified atom stereocenters. The average molecular weight is 343 g/mol. The normalized spacial score (nSPS) is 15.6. The van der Waals surface area contributed by atoms with Crippen molar-refractivity contribution < 1.29 is 18.7 Å². The predicted octanol–water partition coefficient (Wildman–Crippen LogP) is 4.29. The summed E-state index contributed by atoms with van der Waals surface area (Å²) in [5.41, 5.74) is 0.684. The number of anilines is 1. The molecule has 0 heterocycles. The number of methoxy groups -OCH3 is 2. The molecule has 1 fully saturated rings. The van der Waals surface area contributed by atoms with Gasteiger partial charge in [0, 0.05) is 11.8 Å². The van der Waals surface area contributed by atoms with E-state index >= 15 is 0 Å². The molecule has 0 aromatic heterocycles. The first-order valence-electron chi connectivity index (χ1n) is 8.38. The number of carbonyl (C=O) groups is 1. The zero-order valence-corrected chi connectivity index (χ0v) is 14.5. The van der Waals surface area contributed by atoms with Crippen molar-refractivity contribution in [2.24, 2.45) is 0 Å². The lowest BCUT2D eigenvalue weighted by Crippen LogP contribution is -2.38. The summed E-state index contributed by atoms with van der Waals surface area (Å²) in [5, 5.41) is 2.97. The van der Waals surface area contributed by atoms with E-state index in [0.717, 1.165) is 31.2 Å². The first kappa shape index (κ1) is 17.3. The van der Waals surface area contributed by atoms with E-state index in [1.165, 1.54) is 12.1 Å². The van der Waals surface area contributed by atoms with Gasteiger partial charge in [0.25, 0.3) is 0 Å². The van der Waals surface area contributed by atoms with E-state index in [4.69, 9.17) is 9.47 Å². The quantitative estimate of drug-likeness (QED) is 0.881. The summed E-state index contributed by atoms with van der Waals surface area (Å²) >= 11 is 0. The van der Waals surface area contributed by atoms with Crippen LogP contribution in [0.2, 0.25) is 0 Å². The van der Waals surface area contributed by atoms with Crippen molar-refractivity contribution in [1.82, 2.24) is 0 Å². The Hall–Kier alpha value is -2.56. The van der Waals surface area contributed by atoms with E-state index in [1.807, 2.05) is 6.07 Å². The maximum Gasteiger partial charge on any atom is 0.235 e. The lowest BCUT2D eigenvalue weighted by Gasteiger charge is -2.28. The van der Waals surface area contributed by atoms with Crippen LogP contribution < -0.4 is 14.8 Å². The zero-order chi connectivity index (χ0) is 17.9. The second-order valence-corrected chi connectivity index (χ2v) is 6.32. The molecule has 2 aromatic rings. The summed E-state index contributed by atoms with van der Waals surface area (Å²) in [5.74, 6) is 0.721. The van der Waals surface area contributed by atoms with Crippen LogP contribution >= 0.6 is 0 Å². The van der Waals surface area contributed by atoms with Gasteiger partial charge in [0.1, 0.15) is 5.82 Å². The Bertz CT molecular complexity index is 769. The van der Waals surface area contributed by atoms with Crippen LogP contribution in [0.4, 0.5) is 10.1 Å². The zero-order valence-electron chi connectivity index (χ0n) is 14.5. The summed E-state index contributed by atoms with van der Waals surface area (Å²) in [7, 11) is 3.11. The van der Waals surface area contributed by atoms with Crippen LogP contribution in [-0.4, -0.2) is 20.1 Å². The van der Waals surface area contributed by atoms with Gasteiger partial charge in [-0.25, -0.2) is 4.39 Å². The van der Waals surface area contributed by atoms with Crippen LogP contribution in [0.3, 0.4) is 0 Å². The van der Waals surface area contributed by atoms with E-state index in [1.54, 1.807) is 38.5 Å². The third-order valence-corrected chi connectivity index (χ3v) is 4.91. The average Bonchev–Trinajstić information content (AvgIpc) is 3.13. The third-order valence-electron chi connectivity index (χ3n) is 4.91. The van der Waals surface area contributed by atoms with E-state index < -0.39 is 5.41 Å². The summed E-state index contributed by atoms with van der Waals surface area (Å²) in [6.45, 7) is 0. The number of hydrogen-bond acceptors (Lipinski definition) is 3. The molecule has 0 saturated heterocycles. The van der Waals surface area contributed by atoms with E-state index in [9.17, 15) is 9.18 Å². The molecule has 4 nitrogen and oxygen atoms in total. The van der Waals surface area contributed by atoms with Crippen LogP contribution in [0, 0.1) is 5.82 Å². The molecule has 1 aliphatic rings. The maximum atomic E-state index is 13.7. The summed E-state index contributed by atoms with van der Waals surface area (Å²) in [4.78, 5) is 13.1. The highest BCUT2D eigenvalue weighted by Gasteiger charge is 2.42. The number of halogens is 1. The van der Waals surface area contributed by atoms with E-state index in [-0.39, 0.29) is 11.7 Å². The fourth-order valence-electron chi connectivity index (χ4n) is 3.58. The molecule has 5 heteroatoms. The smallest absolute Gasteiger partial charge is 0.235 e. The topological polar surface area (TPSA) is 47.6 Å². The Morgan fingerprint density at radius 1 is 1.04 bits per heavy atom. The first-order chi connectivity index (χ1) is 12.1. The molecule has 0 aliphatic heterocycles. The minimum atomic E-state index is -0.685. The molecule has 132 valence electrons. The highest BCUT2D eigenvalue weighted by atomic mass is 19.1. The Morgan fingerprint density at radius 2 is 1.76 bits per heavy atom. The predicted molar refractivity (Wildman–Crippen MR) is 94.7 cm³/mol. The van der Waals surface area contributed by atoms with Crippen molar-refractivity contribution in [1.29, 1.82) is 0 Å². The third kappa shape index (κ3) is 3.31. The van der Waals surface area contributed by atoms with Gasteiger partial charge in [-0.15, -0.1) is 0 Å². The molecule has 1 saturated carbocycles. The number of rotatable bonds is 5.